The Balaban J connectivity index is 1.74. The average Bonchev–Trinajstić information content (AvgIpc) is 2.63. The molecule has 0 unspecified atom stereocenters. The zero-order valence-corrected chi connectivity index (χ0v) is 18.0. The topological polar surface area (TPSA) is 84.5 Å². The lowest BCUT2D eigenvalue weighted by Gasteiger charge is -2.10. The zero-order chi connectivity index (χ0) is 20.7. The first kappa shape index (κ1) is 22.2. The summed E-state index contributed by atoms with van der Waals surface area (Å²) in [7, 11) is 0. The van der Waals surface area contributed by atoms with Crippen molar-refractivity contribution in [3.05, 3.63) is 56.5 Å². The summed E-state index contributed by atoms with van der Waals surface area (Å²) >= 11 is 15.2. The molecule has 2 N–H and O–H groups in total. The molecule has 0 aliphatic carbocycles. The van der Waals surface area contributed by atoms with Gasteiger partial charge in [0.1, 0.15) is 0 Å². The molecule has 148 valence electrons. The molecule has 28 heavy (non-hydrogen) atoms. The van der Waals surface area contributed by atoms with E-state index in [9.17, 15) is 14.4 Å². The molecular formula is C19H17BrCl2N2O4. The van der Waals surface area contributed by atoms with Crippen LogP contribution in [0.2, 0.25) is 10.0 Å². The minimum atomic E-state index is -0.657. The summed E-state index contributed by atoms with van der Waals surface area (Å²) in [6.07, 6.45) is -0.288. The number of esters is 1. The fourth-order valence-corrected chi connectivity index (χ4v) is 3.01. The highest BCUT2D eigenvalue weighted by atomic mass is 79.9. The molecule has 2 aromatic carbocycles. The fraction of sp³-hybridized carbons (Fsp3) is 0.211. The van der Waals surface area contributed by atoms with Crippen molar-refractivity contribution in [2.75, 3.05) is 17.2 Å². The first-order valence-corrected chi connectivity index (χ1v) is 9.76. The minimum Gasteiger partial charge on any atom is -0.456 e. The van der Waals surface area contributed by atoms with Gasteiger partial charge in [0.05, 0.1) is 17.1 Å². The van der Waals surface area contributed by atoms with Crippen molar-refractivity contribution in [2.45, 2.75) is 19.8 Å². The summed E-state index contributed by atoms with van der Waals surface area (Å²) in [5, 5.41) is 5.98. The van der Waals surface area contributed by atoms with Crippen LogP contribution in [0.25, 0.3) is 0 Å². The third-order valence-electron chi connectivity index (χ3n) is 3.59. The van der Waals surface area contributed by atoms with Crippen LogP contribution >= 0.6 is 39.1 Å². The lowest BCUT2D eigenvalue weighted by Crippen LogP contribution is -2.22. The predicted molar refractivity (Wildman–Crippen MR) is 113 cm³/mol. The van der Waals surface area contributed by atoms with Crippen molar-refractivity contribution >= 4 is 68.3 Å². The van der Waals surface area contributed by atoms with Crippen molar-refractivity contribution in [1.29, 1.82) is 0 Å². The summed E-state index contributed by atoms with van der Waals surface area (Å²) in [6.45, 7) is 1.41. The Morgan fingerprint density at radius 3 is 2.39 bits per heavy atom. The zero-order valence-electron chi connectivity index (χ0n) is 14.9. The number of hydrogen-bond donors (Lipinski definition) is 2. The number of rotatable bonds is 7. The maximum absolute atomic E-state index is 11.9. The van der Waals surface area contributed by atoms with Gasteiger partial charge in [-0.15, -0.1) is 0 Å². The van der Waals surface area contributed by atoms with Crippen molar-refractivity contribution in [3.63, 3.8) is 0 Å². The highest BCUT2D eigenvalue weighted by molar-refractivity contribution is 9.10. The lowest BCUT2D eigenvalue weighted by molar-refractivity contribution is -0.147. The Morgan fingerprint density at radius 1 is 0.964 bits per heavy atom. The van der Waals surface area contributed by atoms with E-state index in [1.54, 1.807) is 24.3 Å². The van der Waals surface area contributed by atoms with E-state index in [1.807, 2.05) is 13.0 Å². The van der Waals surface area contributed by atoms with Gasteiger partial charge in [-0.1, -0.05) is 39.1 Å². The van der Waals surface area contributed by atoms with E-state index in [0.717, 1.165) is 10.0 Å². The first-order chi connectivity index (χ1) is 13.2. The summed E-state index contributed by atoms with van der Waals surface area (Å²) in [5.41, 5.74) is 1.85. The smallest absolute Gasteiger partial charge is 0.306 e. The molecule has 9 heteroatoms. The van der Waals surface area contributed by atoms with E-state index in [0.29, 0.717) is 21.4 Å². The second-order valence-electron chi connectivity index (χ2n) is 5.84. The van der Waals surface area contributed by atoms with Gasteiger partial charge >= 0.3 is 5.97 Å². The Labute approximate surface area is 180 Å². The van der Waals surface area contributed by atoms with Crippen LogP contribution in [0.5, 0.6) is 0 Å². The van der Waals surface area contributed by atoms with E-state index in [1.165, 1.54) is 6.07 Å². The molecule has 0 saturated heterocycles. The summed E-state index contributed by atoms with van der Waals surface area (Å²) in [6, 6.07) is 10.0. The van der Waals surface area contributed by atoms with Crippen molar-refractivity contribution in [1.82, 2.24) is 0 Å². The number of nitrogens with one attached hydrogen (secondary N) is 2. The quantitative estimate of drug-likeness (QED) is 0.540. The highest BCUT2D eigenvalue weighted by Gasteiger charge is 2.12. The Kier molecular flexibility index (Phi) is 8.29. The van der Waals surface area contributed by atoms with Gasteiger partial charge in [-0.2, -0.15) is 0 Å². The van der Waals surface area contributed by atoms with Crippen LogP contribution in [0.4, 0.5) is 11.4 Å². The number of amides is 2. The monoisotopic (exact) mass is 486 g/mol. The van der Waals surface area contributed by atoms with Gasteiger partial charge in [-0.05, 0) is 48.9 Å². The normalized spacial score (nSPS) is 10.3. The van der Waals surface area contributed by atoms with Crippen molar-refractivity contribution in [2.24, 2.45) is 0 Å². The molecule has 2 aromatic rings. The Morgan fingerprint density at radius 2 is 1.68 bits per heavy atom. The molecule has 2 rings (SSSR count). The van der Waals surface area contributed by atoms with Crippen LogP contribution in [0.3, 0.4) is 0 Å². The highest BCUT2D eigenvalue weighted by Crippen LogP contribution is 2.25. The van der Waals surface area contributed by atoms with Gasteiger partial charge in [0.2, 0.25) is 5.91 Å². The molecule has 0 heterocycles. The van der Waals surface area contributed by atoms with Gasteiger partial charge in [0, 0.05) is 21.6 Å². The van der Waals surface area contributed by atoms with E-state index in [4.69, 9.17) is 27.9 Å². The van der Waals surface area contributed by atoms with Crippen LogP contribution < -0.4 is 10.6 Å². The van der Waals surface area contributed by atoms with E-state index in [2.05, 4.69) is 26.6 Å². The molecule has 0 saturated carbocycles. The van der Waals surface area contributed by atoms with Crippen LogP contribution in [-0.4, -0.2) is 24.4 Å². The van der Waals surface area contributed by atoms with Gasteiger partial charge in [0.25, 0.3) is 5.91 Å². The lowest BCUT2D eigenvalue weighted by atomic mass is 10.2. The maximum atomic E-state index is 11.9. The van der Waals surface area contributed by atoms with Crippen molar-refractivity contribution < 1.29 is 19.1 Å². The minimum absolute atomic E-state index is 0.116. The molecule has 2 amide bonds. The summed E-state index contributed by atoms with van der Waals surface area (Å²) in [5.74, 6) is -1.54. The molecule has 0 bridgehead atoms. The molecule has 0 radical (unpaired) electrons. The second-order valence-corrected chi connectivity index (χ2v) is 7.60. The third-order valence-corrected chi connectivity index (χ3v) is 4.64. The molecule has 0 atom stereocenters. The maximum Gasteiger partial charge on any atom is 0.306 e. The number of ether oxygens (including phenoxy) is 1. The molecule has 0 fully saturated rings. The Bertz CT molecular complexity index is 905. The number of benzene rings is 2. The molecule has 0 aromatic heterocycles. The van der Waals surface area contributed by atoms with E-state index >= 15 is 0 Å². The van der Waals surface area contributed by atoms with Crippen LogP contribution in [0, 0.1) is 6.92 Å². The van der Waals surface area contributed by atoms with Crippen molar-refractivity contribution in [3.8, 4) is 0 Å². The Hall–Kier alpha value is -2.09. The predicted octanol–water partition coefficient (Wildman–Crippen LogP) is 4.96. The molecule has 0 aliphatic heterocycles. The number of aryl methyl sites for hydroxylation is 1. The largest absolute Gasteiger partial charge is 0.456 e. The van der Waals surface area contributed by atoms with Gasteiger partial charge < -0.3 is 15.4 Å². The molecule has 6 nitrogen and oxygen atoms in total. The molecule has 0 aliphatic rings. The SMILES string of the molecule is Cc1cc(Br)ccc1NC(=O)COC(=O)CCC(=O)Nc1cc(Cl)ccc1Cl. The van der Waals surface area contributed by atoms with E-state index in [-0.39, 0.29) is 12.8 Å². The first-order valence-electron chi connectivity index (χ1n) is 8.21. The number of carbonyl (C=O) groups excluding carboxylic acids is 3. The standard InChI is InChI=1S/C19H17BrCl2N2O4/c1-11-8-12(20)2-5-15(11)23-18(26)10-28-19(27)7-6-17(25)24-16-9-13(21)3-4-14(16)22/h2-5,8-9H,6-7,10H2,1H3,(H,23,26)(H,24,25). The van der Waals surface area contributed by atoms with Gasteiger partial charge in [-0.25, -0.2) is 0 Å². The van der Waals surface area contributed by atoms with Crippen LogP contribution in [0.1, 0.15) is 18.4 Å². The number of anilines is 2. The number of carbonyl (C=O) groups is 3. The number of hydrogen-bond acceptors (Lipinski definition) is 4. The molecule has 0 spiro atoms. The third kappa shape index (κ3) is 7.14. The number of halogens is 3. The van der Waals surface area contributed by atoms with E-state index < -0.39 is 24.4 Å². The van der Waals surface area contributed by atoms with Crippen LogP contribution in [-0.2, 0) is 19.1 Å². The fourth-order valence-electron chi connectivity index (χ4n) is 2.19. The van der Waals surface area contributed by atoms with Gasteiger partial charge in [-0.3, -0.25) is 14.4 Å². The van der Waals surface area contributed by atoms with Crippen LogP contribution in [0.15, 0.2) is 40.9 Å². The summed E-state index contributed by atoms with van der Waals surface area (Å²) in [4.78, 5) is 35.6. The second kappa shape index (κ2) is 10.5. The average molecular weight is 488 g/mol. The van der Waals surface area contributed by atoms with Gasteiger partial charge in [0.15, 0.2) is 6.61 Å². The summed E-state index contributed by atoms with van der Waals surface area (Å²) < 4.78 is 5.79. The molecular weight excluding hydrogens is 471 g/mol.